The van der Waals surface area contributed by atoms with Crippen molar-refractivity contribution in [3.8, 4) is 5.69 Å². The number of halogens is 2. The molecule has 0 unspecified atom stereocenters. The maximum Gasteiger partial charge on any atom is 0.0996 e. The smallest absolute Gasteiger partial charge is 0.0996 e. The van der Waals surface area contributed by atoms with Crippen LogP contribution in [0.15, 0.2) is 43.0 Å². The van der Waals surface area contributed by atoms with Crippen LogP contribution in [0.25, 0.3) is 16.6 Å². The lowest BCUT2D eigenvalue weighted by molar-refractivity contribution is 1.06. The Morgan fingerprint density at radius 2 is 2.06 bits per heavy atom. The van der Waals surface area contributed by atoms with E-state index in [0.717, 1.165) is 22.3 Å². The quantitative estimate of drug-likeness (QED) is 0.667. The molecule has 0 N–H and O–H groups in total. The van der Waals surface area contributed by atoms with Crippen molar-refractivity contribution < 1.29 is 0 Å². The summed E-state index contributed by atoms with van der Waals surface area (Å²) in [5.41, 5.74) is 2.62. The van der Waals surface area contributed by atoms with E-state index in [1.165, 1.54) is 0 Å². The van der Waals surface area contributed by atoms with Gasteiger partial charge in [0.15, 0.2) is 0 Å². The summed E-state index contributed by atoms with van der Waals surface area (Å²) in [6.45, 7) is 0. The molecular formula is C13H9Cl2N3. The van der Waals surface area contributed by atoms with E-state index in [-0.39, 0.29) is 0 Å². The lowest BCUT2D eigenvalue weighted by Crippen LogP contribution is -1.93. The fourth-order valence-electron chi connectivity index (χ4n) is 1.90. The van der Waals surface area contributed by atoms with Crippen LogP contribution in [0.2, 0.25) is 5.02 Å². The number of hydrogen-bond acceptors (Lipinski definition) is 2. The van der Waals surface area contributed by atoms with E-state index < -0.39 is 0 Å². The first-order valence-electron chi connectivity index (χ1n) is 5.42. The molecule has 0 saturated heterocycles. The number of rotatable bonds is 2. The summed E-state index contributed by atoms with van der Waals surface area (Å²) in [4.78, 5) is 8.60. The molecule has 0 aliphatic rings. The van der Waals surface area contributed by atoms with Crippen molar-refractivity contribution in [2.45, 2.75) is 5.88 Å². The van der Waals surface area contributed by atoms with Gasteiger partial charge in [0.05, 0.1) is 34.1 Å². The fourth-order valence-corrected chi connectivity index (χ4v) is 2.25. The molecule has 3 aromatic rings. The monoisotopic (exact) mass is 277 g/mol. The normalized spacial score (nSPS) is 11.0. The molecule has 0 aliphatic carbocycles. The van der Waals surface area contributed by atoms with E-state index in [1.807, 2.05) is 35.0 Å². The Morgan fingerprint density at radius 1 is 1.17 bits per heavy atom. The molecule has 0 saturated carbocycles. The molecule has 0 aliphatic heterocycles. The van der Waals surface area contributed by atoms with Crippen LogP contribution in [0.3, 0.4) is 0 Å². The van der Waals surface area contributed by atoms with Gasteiger partial charge in [-0.15, -0.1) is 11.6 Å². The molecule has 3 rings (SSSR count). The largest absolute Gasteiger partial charge is 0.304 e. The van der Waals surface area contributed by atoms with Crippen LogP contribution >= 0.6 is 23.2 Å². The van der Waals surface area contributed by atoms with Gasteiger partial charge in [-0.2, -0.15) is 0 Å². The van der Waals surface area contributed by atoms with E-state index in [9.17, 15) is 0 Å². The third-order valence-electron chi connectivity index (χ3n) is 2.75. The molecule has 2 aromatic heterocycles. The zero-order valence-electron chi connectivity index (χ0n) is 9.35. The van der Waals surface area contributed by atoms with Gasteiger partial charge in [0.2, 0.25) is 0 Å². The number of alkyl halides is 1. The summed E-state index contributed by atoms with van der Waals surface area (Å²) in [5.74, 6) is 0.395. The number of hydrogen-bond donors (Lipinski definition) is 0. The van der Waals surface area contributed by atoms with Gasteiger partial charge in [-0.05, 0) is 24.3 Å². The zero-order chi connectivity index (χ0) is 12.5. The topological polar surface area (TPSA) is 30.7 Å². The molecule has 18 heavy (non-hydrogen) atoms. The third-order valence-corrected chi connectivity index (χ3v) is 3.35. The second-order valence-corrected chi connectivity index (χ2v) is 4.55. The van der Waals surface area contributed by atoms with E-state index in [4.69, 9.17) is 23.2 Å². The van der Waals surface area contributed by atoms with Crippen molar-refractivity contribution in [1.82, 2.24) is 14.5 Å². The molecule has 0 fully saturated rings. The first kappa shape index (κ1) is 11.5. The average Bonchev–Trinajstić information content (AvgIpc) is 2.88. The van der Waals surface area contributed by atoms with E-state index in [0.29, 0.717) is 10.9 Å². The predicted molar refractivity (Wildman–Crippen MR) is 73.4 cm³/mol. The summed E-state index contributed by atoms with van der Waals surface area (Å²) in [6.07, 6.45) is 5.38. The molecule has 3 nitrogen and oxygen atoms in total. The molecule has 0 atom stereocenters. The maximum absolute atomic E-state index is 6.16. The van der Waals surface area contributed by atoms with Gasteiger partial charge in [-0.25, -0.2) is 4.98 Å². The van der Waals surface area contributed by atoms with Gasteiger partial charge in [-0.1, -0.05) is 11.6 Å². The standard InChI is InChI=1S/C13H9Cl2N3/c14-6-9-7-18(8-17-9)12-4-3-11(15)10-2-1-5-16-13(10)12/h1-5,7-8H,6H2. The first-order valence-corrected chi connectivity index (χ1v) is 6.33. The van der Waals surface area contributed by atoms with Crippen LogP contribution in [0.1, 0.15) is 5.69 Å². The molecule has 0 radical (unpaired) electrons. The van der Waals surface area contributed by atoms with Gasteiger partial charge in [-0.3, -0.25) is 4.98 Å². The number of aromatic nitrogens is 3. The summed E-state index contributed by atoms with van der Waals surface area (Å²) < 4.78 is 1.91. The van der Waals surface area contributed by atoms with Gasteiger partial charge in [0.25, 0.3) is 0 Å². The fraction of sp³-hybridized carbons (Fsp3) is 0.0769. The summed E-state index contributed by atoms with van der Waals surface area (Å²) in [6, 6.07) is 7.61. The van der Waals surface area contributed by atoms with E-state index >= 15 is 0 Å². The third kappa shape index (κ3) is 1.85. The highest BCUT2D eigenvalue weighted by Crippen LogP contribution is 2.27. The summed E-state index contributed by atoms with van der Waals surface area (Å²) in [5, 5.41) is 1.62. The lowest BCUT2D eigenvalue weighted by atomic mass is 10.2. The van der Waals surface area contributed by atoms with Crippen molar-refractivity contribution >= 4 is 34.1 Å². The predicted octanol–water partition coefficient (Wildman–Crippen LogP) is 3.81. The first-order chi connectivity index (χ1) is 8.79. The van der Waals surface area contributed by atoms with Crippen molar-refractivity contribution in [2.75, 3.05) is 0 Å². The molecule has 2 heterocycles. The highest BCUT2D eigenvalue weighted by Gasteiger charge is 2.08. The van der Waals surface area contributed by atoms with Crippen molar-refractivity contribution in [3.05, 3.63) is 53.7 Å². The van der Waals surface area contributed by atoms with E-state index in [1.54, 1.807) is 12.5 Å². The highest BCUT2D eigenvalue weighted by atomic mass is 35.5. The molecule has 90 valence electrons. The van der Waals surface area contributed by atoms with E-state index in [2.05, 4.69) is 9.97 Å². The Kier molecular flexibility index (Phi) is 2.94. The molecule has 0 bridgehead atoms. The average molecular weight is 278 g/mol. The molecule has 5 heteroatoms. The SMILES string of the molecule is ClCc1cn(-c2ccc(Cl)c3cccnc23)cn1. The molecule has 0 spiro atoms. The number of pyridine rings is 1. The summed E-state index contributed by atoms with van der Waals surface area (Å²) >= 11 is 11.9. The van der Waals surface area contributed by atoms with Gasteiger partial charge in [0, 0.05) is 17.8 Å². The van der Waals surface area contributed by atoms with Crippen LogP contribution in [0, 0.1) is 0 Å². The van der Waals surface area contributed by atoms with Crippen molar-refractivity contribution in [2.24, 2.45) is 0 Å². The number of benzene rings is 1. The summed E-state index contributed by atoms with van der Waals surface area (Å²) in [7, 11) is 0. The second kappa shape index (κ2) is 4.59. The van der Waals surface area contributed by atoms with Crippen LogP contribution in [0.5, 0.6) is 0 Å². The zero-order valence-corrected chi connectivity index (χ0v) is 10.9. The van der Waals surface area contributed by atoms with Crippen LogP contribution in [-0.4, -0.2) is 14.5 Å². The number of fused-ring (bicyclic) bond motifs is 1. The highest BCUT2D eigenvalue weighted by molar-refractivity contribution is 6.35. The molecular weight excluding hydrogens is 269 g/mol. The van der Waals surface area contributed by atoms with Crippen LogP contribution < -0.4 is 0 Å². The Morgan fingerprint density at radius 3 is 2.83 bits per heavy atom. The maximum atomic E-state index is 6.16. The second-order valence-electron chi connectivity index (χ2n) is 3.87. The Bertz CT molecular complexity index is 706. The van der Waals surface area contributed by atoms with Crippen molar-refractivity contribution in [3.63, 3.8) is 0 Å². The number of nitrogens with zero attached hydrogens (tertiary/aromatic N) is 3. The van der Waals surface area contributed by atoms with Gasteiger partial charge >= 0.3 is 0 Å². The van der Waals surface area contributed by atoms with Gasteiger partial charge in [0.1, 0.15) is 0 Å². The molecule has 1 aromatic carbocycles. The molecule has 0 amide bonds. The Balaban J connectivity index is 2.26. The minimum Gasteiger partial charge on any atom is -0.304 e. The minimum atomic E-state index is 0.395. The van der Waals surface area contributed by atoms with Crippen molar-refractivity contribution in [1.29, 1.82) is 0 Å². The van der Waals surface area contributed by atoms with Gasteiger partial charge < -0.3 is 4.57 Å². The lowest BCUT2D eigenvalue weighted by Gasteiger charge is -2.07. The number of imidazole rings is 1. The Labute approximate surface area is 114 Å². The minimum absolute atomic E-state index is 0.395. The Hall–Kier alpha value is -1.58. The van der Waals surface area contributed by atoms with Crippen LogP contribution in [0.4, 0.5) is 0 Å². The van der Waals surface area contributed by atoms with Crippen LogP contribution in [-0.2, 0) is 5.88 Å².